The van der Waals surface area contributed by atoms with Crippen molar-refractivity contribution in [1.29, 1.82) is 0 Å². The van der Waals surface area contributed by atoms with Gasteiger partial charge in [0.25, 0.3) is 5.56 Å². The van der Waals surface area contributed by atoms with Crippen LogP contribution in [0.3, 0.4) is 0 Å². The Morgan fingerprint density at radius 3 is 2.50 bits per heavy atom. The lowest BCUT2D eigenvalue weighted by atomic mass is 10.1. The van der Waals surface area contributed by atoms with E-state index in [-0.39, 0.29) is 23.3 Å². The van der Waals surface area contributed by atoms with Crippen LogP contribution < -0.4 is 10.3 Å². The van der Waals surface area contributed by atoms with Crippen molar-refractivity contribution in [2.45, 2.75) is 32.9 Å². The number of aromatic nitrogens is 3. The first-order valence-corrected chi connectivity index (χ1v) is 9.93. The normalized spacial score (nSPS) is 11.2. The first-order chi connectivity index (χ1) is 14.5. The molecular weight excluding hydrogens is 378 g/mol. The highest BCUT2D eigenvalue weighted by Crippen LogP contribution is 2.29. The van der Waals surface area contributed by atoms with Crippen LogP contribution in [0.1, 0.15) is 19.4 Å². The zero-order valence-electron chi connectivity index (χ0n) is 16.9. The third kappa shape index (κ3) is 3.89. The van der Waals surface area contributed by atoms with Crippen molar-refractivity contribution in [2.75, 3.05) is 0 Å². The van der Waals surface area contributed by atoms with Crippen LogP contribution in [0.5, 0.6) is 11.6 Å². The van der Waals surface area contributed by atoms with Crippen LogP contribution in [0.25, 0.3) is 22.3 Å². The number of aromatic hydroxyl groups is 1. The monoisotopic (exact) mass is 401 g/mol. The van der Waals surface area contributed by atoms with Gasteiger partial charge in [-0.25, -0.2) is 9.97 Å². The van der Waals surface area contributed by atoms with Crippen molar-refractivity contribution < 1.29 is 9.84 Å². The number of para-hydroxylation sites is 1. The van der Waals surface area contributed by atoms with Crippen LogP contribution in [0, 0.1) is 0 Å². The quantitative estimate of drug-likeness (QED) is 0.524. The molecule has 6 nitrogen and oxygen atoms in total. The average Bonchev–Trinajstić information content (AvgIpc) is 2.73. The van der Waals surface area contributed by atoms with Crippen molar-refractivity contribution >= 4 is 10.9 Å². The summed E-state index contributed by atoms with van der Waals surface area (Å²) in [6.07, 6.45) is 2.10. The third-order valence-corrected chi connectivity index (χ3v) is 4.79. The molecule has 0 aliphatic carbocycles. The average molecular weight is 401 g/mol. The topological polar surface area (TPSA) is 77.2 Å². The summed E-state index contributed by atoms with van der Waals surface area (Å²) in [7, 11) is 0. The fourth-order valence-corrected chi connectivity index (χ4v) is 3.41. The van der Waals surface area contributed by atoms with E-state index in [1.165, 1.54) is 0 Å². The van der Waals surface area contributed by atoms with E-state index in [1.54, 1.807) is 35.0 Å². The summed E-state index contributed by atoms with van der Waals surface area (Å²) in [6, 6.07) is 18.5. The smallest absolute Gasteiger partial charge is 0.267 e. The number of hydrogen-bond donors (Lipinski definition) is 1. The summed E-state index contributed by atoms with van der Waals surface area (Å²) in [4.78, 5) is 22.6. The molecule has 0 atom stereocenters. The number of hydrogen-bond acceptors (Lipinski definition) is 5. The summed E-state index contributed by atoms with van der Waals surface area (Å²) in [5, 5.41) is 10.8. The summed E-state index contributed by atoms with van der Waals surface area (Å²) in [6.45, 7) is 4.18. The molecule has 0 aliphatic heterocycles. The lowest BCUT2D eigenvalue weighted by Gasteiger charge is -2.16. The number of ether oxygens (including phenoxy) is 1. The molecule has 2 aromatic heterocycles. The van der Waals surface area contributed by atoms with Gasteiger partial charge in [-0.15, -0.1) is 0 Å². The van der Waals surface area contributed by atoms with Crippen molar-refractivity contribution in [2.24, 2.45) is 0 Å². The Bertz CT molecular complexity index is 1230. The van der Waals surface area contributed by atoms with Crippen LogP contribution in [-0.2, 0) is 13.0 Å². The minimum atomic E-state index is -0.238. The van der Waals surface area contributed by atoms with Crippen LogP contribution in [0.4, 0.5) is 0 Å². The highest BCUT2D eigenvalue weighted by Gasteiger charge is 2.19. The van der Waals surface area contributed by atoms with E-state index < -0.39 is 0 Å². The molecule has 0 saturated heterocycles. The molecule has 0 amide bonds. The molecule has 2 heterocycles. The first kappa shape index (κ1) is 19.6. The van der Waals surface area contributed by atoms with Gasteiger partial charge in [0.2, 0.25) is 5.88 Å². The zero-order chi connectivity index (χ0) is 21.1. The third-order valence-electron chi connectivity index (χ3n) is 4.79. The largest absolute Gasteiger partial charge is 0.507 e. The maximum Gasteiger partial charge on any atom is 0.267 e. The second-order valence-corrected chi connectivity index (χ2v) is 7.32. The Kier molecular flexibility index (Phi) is 5.48. The van der Waals surface area contributed by atoms with Crippen molar-refractivity contribution in [3.8, 4) is 23.0 Å². The lowest BCUT2D eigenvalue weighted by molar-refractivity contribution is 0.235. The molecule has 0 saturated carbocycles. The second kappa shape index (κ2) is 8.37. The Morgan fingerprint density at radius 1 is 1.03 bits per heavy atom. The van der Waals surface area contributed by atoms with Gasteiger partial charge in [0, 0.05) is 12.7 Å². The van der Waals surface area contributed by atoms with E-state index in [0.29, 0.717) is 35.3 Å². The van der Waals surface area contributed by atoms with Gasteiger partial charge in [-0.1, -0.05) is 42.5 Å². The molecular formula is C24H23N3O3. The molecule has 0 radical (unpaired) electrons. The van der Waals surface area contributed by atoms with Crippen LogP contribution in [-0.4, -0.2) is 25.7 Å². The Hall–Kier alpha value is -3.67. The molecule has 0 unspecified atom stereocenters. The van der Waals surface area contributed by atoms with E-state index in [4.69, 9.17) is 9.72 Å². The van der Waals surface area contributed by atoms with Gasteiger partial charge >= 0.3 is 0 Å². The van der Waals surface area contributed by atoms with Crippen molar-refractivity contribution in [1.82, 2.24) is 14.5 Å². The number of phenolic OH excluding ortho intramolecular Hbond substituents is 1. The van der Waals surface area contributed by atoms with Crippen molar-refractivity contribution in [3.05, 3.63) is 82.8 Å². The molecule has 1 N–H and O–H groups in total. The minimum absolute atomic E-state index is 0.0740. The van der Waals surface area contributed by atoms with Crippen LogP contribution in [0.2, 0.25) is 0 Å². The molecule has 0 bridgehead atoms. The maximum atomic E-state index is 13.6. The maximum absolute atomic E-state index is 13.6. The predicted octanol–water partition coefficient (Wildman–Crippen LogP) is 4.19. The number of nitrogens with zero attached hydrogens (tertiary/aromatic N) is 3. The molecule has 6 heteroatoms. The summed E-state index contributed by atoms with van der Waals surface area (Å²) >= 11 is 0. The second-order valence-electron chi connectivity index (χ2n) is 7.32. The summed E-state index contributed by atoms with van der Waals surface area (Å²) < 4.78 is 7.38. The standard InChI is InChI=1S/C24H23N3O3/c1-16(2)30-23-21-19(12-14-25-23)26-22(18-10-6-7-11-20(18)28)27(24(21)29)15-13-17-8-4-3-5-9-17/h3-12,14,16,28H,13,15H2,1-2H3. The Morgan fingerprint density at radius 2 is 1.77 bits per heavy atom. The van der Waals surface area contributed by atoms with Gasteiger partial charge in [0.1, 0.15) is 17.0 Å². The van der Waals surface area contributed by atoms with E-state index >= 15 is 0 Å². The van der Waals surface area contributed by atoms with Crippen LogP contribution >= 0.6 is 0 Å². The molecule has 30 heavy (non-hydrogen) atoms. The van der Waals surface area contributed by atoms with Crippen LogP contribution in [0.15, 0.2) is 71.7 Å². The summed E-state index contributed by atoms with van der Waals surface area (Å²) in [5.41, 5.74) is 1.86. The van der Waals surface area contributed by atoms with Gasteiger partial charge in [-0.2, -0.15) is 0 Å². The van der Waals surface area contributed by atoms with E-state index in [0.717, 1.165) is 5.56 Å². The van der Waals surface area contributed by atoms with Gasteiger partial charge in [0.05, 0.1) is 17.2 Å². The number of pyridine rings is 1. The van der Waals surface area contributed by atoms with Gasteiger partial charge < -0.3 is 9.84 Å². The molecule has 2 aromatic carbocycles. The van der Waals surface area contributed by atoms with Gasteiger partial charge in [0.15, 0.2) is 0 Å². The van der Waals surface area contributed by atoms with E-state index in [2.05, 4.69) is 4.98 Å². The highest BCUT2D eigenvalue weighted by molar-refractivity contribution is 5.84. The Balaban J connectivity index is 1.92. The molecule has 0 aliphatic rings. The molecule has 0 fully saturated rings. The van der Waals surface area contributed by atoms with Crippen molar-refractivity contribution in [3.63, 3.8) is 0 Å². The van der Waals surface area contributed by atoms with E-state index in [1.807, 2.05) is 50.2 Å². The number of aryl methyl sites for hydroxylation is 1. The molecule has 0 spiro atoms. The van der Waals surface area contributed by atoms with Gasteiger partial charge in [-0.3, -0.25) is 9.36 Å². The number of phenols is 1. The SMILES string of the molecule is CC(C)Oc1nccc2nc(-c3ccccc3O)n(CCc3ccccc3)c(=O)c12. The minimum Gasteiger partial charge on any atom is -0.507 e. The highest BCUT2D eigenvalue weighted by atomic mass is 16.5. The number of benzene rings is 2. The summed E-state index contributed by atoms with van der Waals surface area (Å²) in [5.74, 6) is 0.769. The molecule has 152 valence electrons. The van der Waals surface area contributed by atoms with E-state index in [9.17, 15) is 9.90 Å². The predicted molar refractivity (Wildman–Crippen MR) is 117 cm³/mol. The zero-order valence-corrected chi connectivity index (χ0v) is 16.9. The first-order valence-electron chi connectivity index (χ1n) is 9.93. The Labute approximate surface area is 174 Å². The molecule has 4 aromatic rings. The molecule has 4 rings (SSSR count). The number of rotatable bonds is 6. The lowest BCUT2D eigenvalue weighted by Crippen LogP contribution is -2.25. The van der Waals surface area contributed by atoms with Gasteiger partial charge in [-0.05, 0) is 44.0 Å². The number of fused-ring (bicyclic) bond motifs is 1. The fraction of sp³-hybridized carbons (Fsp3) is 0.208. The fourth-order valence-electron chi connectivity index (χ4n) is 3.41.